The van der Waals surface area contributed by atoms with E-state index in [1.807, 2.05) is 0 Å². The Morgan fingerprint density at radius 3 is 3.15 bits per heavy atom. The summed E-state index contributed by atoms with van der Waals surface area (Å²) in [6.07, 6.45) is 1.12. The van der Waals surface area contributed by atoms with Gasteiger partial charge in [0.2, 0.25) is 0 Å². The summed E-state index contributed by atoms with van der Waals surface area (Å²) in [5, 5.41) is 11.3. The van der Waals surface area contributed by atoms with Gasteiger partial charge in [0.05, 0.1) is 6.10 Å². The highest BCUT2D eigenvalue weighted by Gasteiger charge is 2.29. The van der Waals surface area contributed by atoms with Crippen molar-refractivity contribution >= 4 is 11.3 Å². The Labute approximate surface area is 82.2 Å². The van der Waals surface area contributed by atoms with Crippen molar-refractivity contribution in [3.63, 3.8) is 0 Å². The van der Waals surface area contributed by atoms with Crippen molar-refractivity contribution < 1.29 is 9.84 Å². The van der Waals surface area contributed by atoms with Crippen molar-refractivity contribution in [3.05, 3.63) is 21.9 Å². The number of aryl methyl sites for hydroxylation is 1. The molecular weight excluding hydrogens is 184 g/mol. The molecule has 1 aromatic heterocycles. The first kappa shape index (κ1) is 9.19. The summed E-state index contributed by atoms with van der Waals surface area (Å²) in [5.74, 6) is 0.300. The molecule has 2 atom stereocenters. The summed E-state index contributed by atoms with van der Waals surface area (Å²) < 4.78 is 5.60. The predicted molar refractivity (Wildman–Crippen MR) is 52.9 cm³/mol. The van der Waals surface area contributed by atoms with Gasteiger partial charge in [-0.1, -0.05) is 0 Å². The van der Waals surface area contributed by atoms with Crippen LogP contribution in [0.25, 0.3) is 0 Å². The van der Waals surface area contributed by atoms with E-state index < -0.39 is 0 Å². The lowest BCUT2D eigenvalue weighted by molar-refractivity contribution is 0.0723. The standard InChI is InChI=1S/C10H14O2S/c1-7-4-9(6-13-7)10-8(5-11)2-3-12-10/h4,6,8,10-11H,2-3,5H2,1H3. The molecule has 1 N–H and O–H groups in total. The highest BCUT2D eigenvalue weighted by molar-refractivity contribution is 7.10. The number of hydrogen-bond acceptors (Lipinski definition) is 3. The van der Waals surface area contributed by atoms with Crippen LogP contribution in [0.1, 0.15) is 23.0 Å². The lowest BCUT2D eigenvalue weighted by Crippen LogP contribution is -2.10. The molecular formula is C10H14O2S. The Bertz CT molecular complexity index is 282. The maximum Gasteiger partial charge on any atom is 0.0883 e. The first-order valence-electron chi connectivity index (χ1n) is 4.58. The van der Waals surface area contributed by atoms with E-state index >= 15 is 0 Å². The molecule has 3 heteroatoms. The molecule has 13 heavy (non-hydrogen) atoms. The van der Waals surface area contributed by atoms with E-state index in [2.05, 4.69) is 18.4 Å². The van der Waals surface area contributed by atoms with Crippen molar-refractivity contribution in [3.8, 4) is 0 Å². The molecule has 0 aromatic carbocycles. The van der Waals surface area contributed by atoms with Gasteiger partial charge in [0.1, 0.15) is 0 Å². The van der Waals surface area contributed by atoms with E-state index in [4.69, 9.17) is 9.84 Å². The second kappa shape index (κ2) is 3.78. The van der Waals surface area contributed by atoms with Gasteiger partial charge >= 0.3 is 0 Å². The topological polar surface area (TPSA) is 29.5 Å². The Hall–Kier alpha value is -0.380. The van der Waals surface area contributed by atoms with Crippen molar-refractivity contribution in [2.24, 2.45) is 5.92 Å². The molecule has 2 unspecified atom stereocenters. The summed E-state index contributed by atoms with van der Waals surface area (Å²) in [5.41, 5.74) is 1.24. The molecule has 1 aliphatic rings. The summed E-state index contributed by atoms with van der Waals surface area (Å²) in [6.45, 7) is 3.11. The largest absolute Gasteiger partial charge is 0.396 e. The molecule has 0 spiro atoms. The van der Waals surface area contributed by atoms with E-state index in [-0.39, 0.29) is 12.7 Å². The number of ether oxygens (including phenoxy) is 1. The molecule has 0 aliphatic carbocycles. The second-order valence-corrected chi connectivity index (χ2v) is 4.63. The minimum Gasteiger partial charge on any atom is -0.396 e. The Morgan fingerprint density at radius 2 is 2.54 bits per heavy atom. The lowest BCUT2D eigenvalue weighted by atomic mass is 9.98. The van der Waals surface area contributed by atoms with Crippen LogP contribution in [-0.4, -0.2) is 18.3 Å². The zero-order chi connectivity index (χ0) is 9.26. The highest BCUT2D eigenvalue weighted by Crippen LogP contribution is 2.35. The molecule has 1 fully saturated rings. The van der Waals surface area contributed by atoms with Crippen molar-refractivity contribution in [1.82, 2.24) is 0 Å². The van der Waals surface area contributed by atoms with Crippen LogP contribution in [0.2, 0.25) is 0 Å². The molecule has 0 saturated carbocycles. The molecule has 0 radical (unpaired) electrons. The molecule has 0 amide bonds. The SMILES string of the molecule is Cc1cc(C2OCCC2CO)cs1. The van der Waals surface area contributed by atoms with Crippen LogP contribution in [0.4, 0.5) is 0 Å². The second-order valence-electron chi connectivity index (χ2n) is 3.51. The van der Waals surface area contributed by atoms with Crippen LogP contribution in [0.15, 0.2) is 11.4 Å². The van der Waals surface area contributed by atoms with E-state index in [0.29, 0.717) is 5.92 Å². The molecule has 0 bridgehead atoms. The third-order valence-electron chi connectivity index (χ3n) is 2.53. The van der Waals surface area contributed by atoms with Gasteiger partial charge < -0.3 is 9.84 Å². The number of thiophene rings is 1. The quantitative estimate of drug-likeness (QED) is 0.788. The van der Waals surface area contributed by atoms with Gasteiger partial charge in [-0.25, -0.2) is 0 Å². The molecule has 2 nitrogen and oxygen atoms in total. The van der Waals surface area contributed by atoms with Crippen LogP contribution in [0.5, 0.6) is 0 Å². The normalized spacial score (nSPS) is 28.2. The molecule has 1 saturated heterocycles. The van der Waals surface area contributed by atoms with Crippen LogP contribution >= 0.6 is 11.3 Å². The van der Waals surface area contributed by atoms with Crippen LogP contribution < -0.4 is 0 Å². The average Bonchev–Trinajstić information content (AvgIpc) is 2.71. The van der Waals surface area contributed by atoms with Crippen LogP contribution in [0.3, 0.4) is 0 Å². The average molecular weight is 198 g/mol. The molecule has 72 valence electrons. The van der Waals surface area contributed by atoms with Gasteiger partial charge in [0, 0.05) is 24.0 Å². The zero-order valence-electron chi connectivity index (χ0n) is 7.69. The summed E-state index contributed by atoms with van der Waals surface area (Å²) in [4.78, 5) is 1.31. The number of rotatable bonds is 2. The number of aliphatic hydroxyl groups excluding tert-OH is 1. The minimum absolute atomic E-state index is 0.134. The molecule has 1 aromatic rings. The summed E-state index contributed by atoms with van der Waals surface area (Å²) >= 11 is 1.74. The fourth-order valence-corrected chi connectivity index (χ4v) is 2.53. The van der Waals surface area contributed by atoms with Gasteiger partial charge in [-0.15, -0.1) is 11.3 Å². The summed E-state index contributed by atoms with van der Waals surface area (Å²) in [6, 6.07) is 2.16. The predicted octanol–water partition coefficient (Wildman–Crippen LogP) is 2.13. The van der Waals surface area contributed by atoms with Crippen LogP contribution in [-0.2, 0) is 4.74 Å². The molecule has 2 rings (SSSR count). The van der Waals surface area contributed by atoms with Crippen LogP contribution in [0, 0.1) is 12.8 Å². The number of hydrogen-bond donors (Lipinski definition) is 1. The lowest BCUT2D eigenvalue weighted by Gasteiger charge is -2.14. The van der Waals surface area contributed by atoms with Crippen molar-refractivity contribution in [2.45, 2.75) is 19.4 Å². The van der Waals surface area contributed by atoms with Gasteiger partial charge in [0.25, 0.3) is 0 Å². The first-order valence-corrected chi connectivity index (χ1v) is 5.46. The Kier molecular flexibility index (Phi) is 2.67. The van der Waals surface area contributed by atoms with E-state index in [0.717, 1.165) is 13.0 Å². The monoisotopic (exact) mass is 198 g/mol. The maximum atomic E-state index is 9.13. The van der Waals surface area contributed by atoms with Gasteiger partial charge in [-0.05, 0) is 30.4 Å². The summed E-state index contributed by atoms with van der Waals surface area (Å²) in [7, 11) is 0. The minimum atomic E-state index is 0.134. The third-order valence-corrected chi connectivity index (χ3v) is 3.41. The Balaban J connectivity index is 2.15. The first-order chi connectivity index (χ1) is 6.31. The van der Waals surface area contributed by atoms with E-state index in [1.165, 1.54) is 10.4 Å². The third kappa shape index (κ3) is 1.77. The zero-order valence-corrected chi connectivity index (χ0v) is 8.51. The maximum absolute atomic E-state index is 9.13. The fourth-order valence-electron chi connectivity index (χ4n) is 1.80. The van der Waals surface area contributed by atoms with E-state index in [9.17, 15) is 0 Å². The van der Waals surface area contributed by atoms with Crippen molar-refractivity contribution in [1.29, 1.82) is 0 Å². The molecule has 1 aliphatic heterocycles. The Morgan fingerprint density at radius 1 is 1.69 bits per heavy atom. The molecule has 2 heterocycles. The highest BCUT2D eigenvalue weighted by atomic mass is 32.1. The van der Waals surface area contributed by atoms with E-state index in [1.54, 1.807) is 11.3 Å². The van der Waals surface area contributed by atoms with Gasteiger partial charge in [-0.3, -0.25) is 0 Å². The van der Waals surface area contributed by atoms with Gasteiger partial charge in [0.15, 0.2) is 0 Å². The van der Waals surface area contributed by atoms with Gasteiger partial charge in [-0.2, -0.15) is 0 Å². The smallest absolute Gasteiger partial charge is 0.0883 e. The fraction of sp³-hybridized carbons (Fsp3) is 0.600. The van der Waals surface area contributed by atoms with Crippen molar-refractivity contribution in [2.75, 3.05) is 13.2 Å². The number of aliphatic hydroxyl groups is 1.